The molecule has 0 aromatic heterocycles. The number of benzene rings is 11. The Labute approximate surface area is 513 Å². The Balaban J connectivity index is 0.971. The van der Waals surface area contributed by atoms with Crippen LogP contribution in [0.5, 0.6) is 0 Å². The number of unbranched alkanes of at least 4 members (excludes halogenated alkanes) is 10. The van der Waals surface area contributed by atoms with Gasteiger partial charge in [0, 0.05) is 38.9 Å². The van der Waals surface area contributed by atoms with Crippen molar-refractivity contribution in [3.8, 4) is 33.4 Å². The van der Waals surface area contributed by atoms with Crippen molar-refractivity contribution in [1.82, 2.24) is 0 Å². The lowest BCUT2D eigenvalue weighted by Gasteiger charge is -2.33. The van der Waals surface area contributed by atoms with Gasteiger partial charge in [-0.2, -0.15) is 0 Å². The average Bonchev–Trinajstić information content (AvgIpc) is 1.38. The summed E-state index contributed by atoms with van der Waals surface area (Å²) in [4.78, 5) is 5.03. The summed E-state index contributed by atoms with van der Waals surface area (Å²) in [6.07, 6.45) is 20.5. The molecule has 0 amide bonds. The molecule has 86 heavy (non-hydrogen) atoms. The summed E-state index contributed by atoms with van der Waals surface area (Å²) in [6, 6.07) is 82.3. The third kappa shape index (κ3) is 11.1. The average molecular weight is 1120 g/mol. The molecule has 2 heteroatoms. The van der Waals surface area contributed by atoms with E-state index in [-0.39, 0.29) is 5.41 Å². The lowest BCUT2D eigenvalue weighted by atomic mass is 9.70. The number of rotatable bonds is 23. The van der Waals surface area contributed by atoms with Crippen LogP contribution in [-0.4, -0.2) is 0 Å². The molecule has 0 saturated carbocycles. The van der Waals surface area contributed by atoms with Crippen LogP contribution >= 0.6 is 0 Å². The summed E-state index contributed by atoms with van der Waals surface area (Å²) in [5, 5.41) is 7.35. The van der Waals surface area contributed by atoms with Crippen molar-refractivity contribution in [1.29, 1.82) is 0 Å². The fourth-order valence-corrected chi connectivity index (χ4v) is 14.8. The van der Waals surface area contributed by atoms with E-state index in [0.717, 1.165) is 28.4 Å². The zero-order valence-electron chi connectivity index (χ0n) is 52.0. The van der Waals surface area contributed by atoms with Gasteiger partial charge in [0.2, 0.25) is 0 Å². The van der Waals surface area contributed by atoms with Gasteiger partial charge in [-0.25, -0.2) is 0 Å². The van der Waals surface area contributed by atoms with Gasteiger partial charge >= 0.3 is 0 Å². The first-order valence-corrected chi connectivity index (χ1v) is 32.9. The van der Waals surface area contributed by atoms with Crippen molar-refractivity contribution in [2.24, 2.45) is 0 Å². The highest BCUT2D eigenvalue weighted by Gasteiger charge is 2.42. The quantitative estimate of drug-likeness (QED) is 0.0465. The minimum Gasteiger partial charge on any atom is -0.310 e. The lowest BCUT2D eigenvalue weighted by molar-refractivity contribution is 0.398. The molecule has 0 spiro atoms. The third-order valence-corrected chi connectivity index (χ3v) is 19.6. The number of fused-ring (bicyclic) bond motifs is 9. The Morgan fingerprint density at radius 3 is 1.40 bits per heavy atom. The van der Waals surface area contributed by atoms with Gasteiger partial charge in [-0.1, -0.05) is 256 Å². The topological polar surface area (TPSA) is 6.48 Å². The van der Waals surface area contributed by atoms with Gasteiger partial charge in [0.15, 0.2) is 0 Å². The molecule has 0 fully saturated rings. The molecular formula is C84H86N2. The van der Waals surface area contributed by atoms with E-state index in [1.54, 1.807) is 11.1 Å². The van der Waals surface area contributed by atoms with Gasteiger partial charge in [-0.3, -0.25) is 0 Å². The minimum atomic E-state index is -0.00455. The SMILES string of the molecule is CCCCCCCCC1(CCCCCCCC)c2cc(C)ccc2-c2ccc(-c3cccc(N(c4ccc(-c5ccc6c(c5)CC6)cc4)c4cc5c6ccccc6c(N(c6ccc(C(C)C)cc6)c6cccc(C)c6)cc5c5ccccc45)c3)cc21. The summed E-state index contributed by atoms with van der Waals surface area (Å²) in [7, 11) is 0. The van der Waals surface area contributed by atoms with Gasteiger partial charge in [-0.15, -0.1) is 0 Å². The molecular weight excluding hydrogens is 1040 g/mol. The molecule has 0 radical (unpaired) electrons. The van der Waals surface area contributed by atoms with E-state index >= 15 is 0 Å². The molecule has 0 bridgehead atoms. The molecule has 13 rings (SSSR count). The van der Waals surface area contributed by atoms with Crippen molar-refractivity contribution in [2.75, 3.05) is 9.80 Å². The Hall–Kier alpha value is -8.20. The molecule has 0 atom stereocenters. The lowest BCUT2D eigenvalue weighted by Crippen LogP contribution is -2.25. The first-order valence-electron chi connectivity index (χ1n) is 32.9. The maximum atomic E-state index is 2.64. The van der Waals surface area contributed by atoms with Crippen molar-refractivity contribution >= 4 is 66.4 Å². The van der Waals surface area contributed by atoms with Crippen molar-refractivity contribution in [3.05, 3.63) is 251 Å². The molecule has 0 unspecified atom stereocenters. The molecule has 0 N–H and O–H groups in total. The highest BCUT2D eigenvalue weighted by Crippen LogP contribution is 2.56. The first kappa shape index (κ1) is 56.9. The van der Waals surface area contributed by atoms with Crippen molar-refractivity contribution in [3.63, 3.8) is 0 Å². The van der Waals surface area contributed by atoms with Gasteiger partial charge in [0.05, 0.1) is 11.4 Å². The van der Waals surface area contributed by atoms with E-state index in [1.807, 2.05) is 0 Å². The van der Waals surface area contributed by atoms with E-state index in [2.05, 4.69) is 264 Å². The minimum absolute atomic E-state index is 0.00455. The highest BCUT2D eigenvalue weighted by atomic mass is 15.2. The maximum absolute atomic E-state index is 2.64. The van der Waals surface area contributed by atoms with Crippen LogP contribution in [-0.2, 0) is 18.3 Å². The molecule has 432 valence electrons. The van der Waals surface area contributed by atoms with Crippen LogP contribution in [0, 0.1) is 13.8 Å². The summed E-state index contributed by atoms with van der Waals surface area (Å²) in [5.74, 6) is 0.444. The van der Waals surface area contributed by atoms with E-state index in [9.17, 15) is 0 Å². The third-order valence-electron chi connectivity index (χ3n) is 19.6. The van der Waals surface area contributed by atoms with Crippen LogP contribution in [0.1, 0.15) is 162 Å². The summed E-state index contributed by atoms with van der Waals surface area (Å²) in [6.45, 7) is 13.7. The second-order valence-corrected chi connectivity index (χ2v) is 25.7. The highest BCUT2D eigenvalue weighted by molar-refractivity contribution is 6.24. The molecule has 0 aliphatic heterocycles. The summed E-state index contributed by atoms with van der Waals surface area (Å²) >= 11 is 0. The molecule has 0 saturated heterocycles. The number of nitrogens with zero attached hydrogens (tertiary/aromatic N) is 2. The largest absolute Gasteiger partial charge is 0.310 e. The van der Waals surface area contributed by atoms with E-state index in [1.165, 1.54) is 202 Å². The number of anilines is 6. The van der Waals surface area contributed by atoms with Crippen LogP contribution in [0.4, 0.5) is 34.1 Å². The van der Waals surface area contributed by atoms with E-state index < -0.39 is 0 Å². The van der Waals surface area contributed by atoms with Crippen LogP contribution < -0.4 is 9.80 Å². The maximum Gasteiger partial charge on any atom is 0.0546 e. The fraction of sp³-hybridized carbons (Fsp3) is 0.286. The van der Waals surface area contributed by atoms with Gasteiger partial charge < -0.3 is 9.80 Å². The number of aryl methyl sites for hydroxylation is 4. The Morgan fingerprint density at radius 2 is 0.826 bits per heavy atom. The molecule has 11 aromatic carbocycles. The predicted octanol–water partition coefficient (Wildman–Crippen LogP) is 25.0. The van der Waals surface area contributed by atoms with Gasteiger partial charge in [0.1, 0.15) is 0 Å². The monoisotopic (exact) mass is 1120 g/mol. The molecule has 2 aliphatic carbocycles. The Kier molecular flexibility index (Phi) is 16.6. The Bertz CT molecular complexity index is 4200. The van der Waals surface area contributed by atoms with Crippen LogP contribution in [0.2, 0.25) is 0 Å². The van der Waals surface area contributed by atoms with E-state index in [4.69, 9.17) is 0 Å². The second-order valence-electron chi connectivity index (χ2n) is 25.7. The molecule has 0 heterocycles. The van der Waals surface area contributed by atoms with Crippen LogP contribution in [0.25, 0.3) is 65.7 Å². The number of hydrogen-bond donors (Lipinski definition) is 0. The van der Waals surface area contributed by atoms with Crippen molar-refractivity contribution in [2.45, 2.75) is 156 Å². The van der Waals surface area contributed by atoms with Crippen LogP contribution in [0.15, 0.2) is 212 Å². The van der Waals surface area contributed by atoms with E-state index in [0.29, 0.717) is 5.92 Å². The van der Waals surface area contributed by atoms with Gasteiger partial charge in [0.25, 0.3) is 0 Å². The molecule has 2 aliphatic rings. The Morgan fingerprint density at radius 1 is 0.349 bits per heavy atom. The predicted molar refractivity (Wildman–Crippen MR) is 372 cm³/mol. The number of hydrogen-bond acceptors (Lipinski definition) is 2. The van der Waals surface area contributed by atoms with Gasteiger partial charge in [-0.05, 0) is 200 Å². The smallest absolute Gasteiger partial charge is 0.0546 e. The second kappa shape index (κ2) is 25.0. The van der Waals surface area contributed by atoms with Crippen LogP contribution in [0.3, 0.4) is 0 Å². The molecule has 2 nitrogen and oxygen atoms in total. The molecule has 11 aromatic rings. The zero-order chi connectivity index (χ0) is 58.7. The standard InChI is InChI=1S/C84H86N2/c1-7-9-11-13-15-21-49-84(50-22-16-14-12-10-8-2)80-52-60(6)33-47-74(80)75-48-42-67(55-81(75)84)64-26-24-28-71(54-64)86(69-45-40-63(41-46-69)66-37-35-62-34-36-65(62)53-66)83-57-79-72-29-17-19-31-76(72)82(56-78(79)73-30-18-20-32-77(73)83)85(70-27-23-25-59(5)51-70)68-43-38-61(39-44-68)58(3)4/h17-20,23-33,35,37-48,51-58H,7-16,21-22,34,36,49-50H2,1-6H3. The van der Waals surface area contributed by atoms with Crippen molar-refractivity contribution < 1.29 is 0 Å². The summed E-state index contributed by atoms with van der Waals surface area (Å²) < 4.78 is 0. The first-order chi connectivity index (χ1) is 42.2. The zero-order valence-corrected chi connectivity index (χ0v) is 52.0. The normalized spacial score (nSPS) is 13.1. The summed E-state index contributed by atoms with van der Waals surface area (Å²) in [5.41, 5.74) is 24.9. The fourth-order valence-electron chi connectivity index (χ4n) is 14.8.